The van der Waals surface area contributed by atoms with E-state index in [1.807, 2.05) is 0 Å². The number of rotatable bonds is 11. The minimum absolute atomic E-state index is 0.00623. The van der Waals surface area contributed by atoms with Gasteiger partial charge in [0.1, 0.15) is 11.8 Å². The zero-order chi connectivity index (χ0) is 34.0. The van der Waals surface area contributed by atoms with Crippen molar-refractivity contribution >= 4 is 24.4 Å². The molecule has 0 bridgehead atoms. The Labute approximate surface area is 265 Å². The van der Waals surface area contributed by atoms with Gasteiger partial charge in [-0.1, -0.05) is 0 Å². The molecule has 14 nitrogen and oxygen atoms in total. The van der Waals surface area contributed by atoms with E-state index < -0.39 is 42.9 Å². The molecule has 4 rings (SSSR count). The van der Waals surface area contributed by atoms with Crippen LogP contribution >= 0.6 is 0 Å². The maximum Gasteiger partial charge on any atom is 0.409 e. The number of aryl methyl sites for hydroxylation is 1. The molecule has 1 unspecified atom stereocenters. The van der Waals surface area contributed by atoms with Crippen molar-refractivity contribution < 1.29 is 56.1 Å². The fourth-order valence-corrected chi connectivity index (χ4v) is 4.06. The summed E-state index contributed by atoms with van der Waals surface area (Å²) in [5.41, 5.74) is 6.19. The zero-order valence-electron chi connectivity index (χ0n) is 26.5. The van der Waals surface area contributed by atoms with E-state index in [1.165, 1.54) is 23.0 Å². The number of methoxy groups -OCH3 is 1. The van der Waals surface area contributed by atoms with Crippen molar-refractivity contribution in [2.75, 3.05) is 40.1 Å². The number of nitrogens with two attached hydrogens (primary N) is 1. The number of oxazole rings is 1. The highest BCUT2D eigenvalue weighted by molar-refractivity contribution is 5.80. The van der Waals surface area contributed by atoms with E-state index in [2.05, 4.69) is 14.5 Å². The van der Waals surface area contributed by atoms with Gasteiger partial charge in [-0.2, -0.15) is 8.78 Å². The molecule has 0 radical (unpaired) electrons. The molecule has 0 spiro atoms. The highest BCUT2D eigenvalue weighted by atomic mass is 19.3. The Morgan fingerprint density at radius 2 is 1.87 bits per heavy atom. The summed E-state index contributed by atoms with van der Waals surface area (Å²) in [7, 11) is 1.23. The van der Waals surface area contributed by atoms with Crippen molar-refractivity contribution in [1.82, 2.24) is 14.8 Å². The Morgan fingerprint density at radius 1 is 1.15 bits per heavy atom. The Hall–Kier alpha value is -4.47. The first kappa shape index (κ1) is 36.0. The molecule has 2 aromatic rings. The van der Waals surface area contributed by atoms with Gasteiger partial charge in [-0.05, 0) is 64.7 Å². The topological polar surface area (TPSA) is 173 Å². The van der Waals surface area contributed by atoms with Crippen molar-refractivity contribution in [2.24, 2.45) is 17.1 Å². The lowest BCUT2D eigenvalue weighted by Crippen LogP contribution is -2.57. The number of hydrogen-bond donors (Lipinski definition) is 1. The lowest BCUT2D eigenvalue weighted by atomic mass is 9.98. The van der Waals surface area contributed by atoms with E-state index in [9.17, 15) is 28.0 Å². The van der Waals surface area contributed by atoms with Gasteiger partial charge in [0.15, 0.2) is 11.5 Å². The smallest absolute Gasteiger partial charge is 0.409 e. The summed E-state index contributed by atoms with van der Waals surface area (Å²) >= 11 is 0. The lowest BCUT2D eigenvalue weighted by molar-refractivity contribution is -0.177. The highest BCUT2D eigenvalue weighted by Gasteiger charge is 2.35. The van der Waals surface area contributed by atoms with Crippen LogP contribution in [0.5, 0.6) is 11.5 Å². The van der Waals surface area contributed by atoms with Crippen LogP contribution in [0.3, 0.4) is 0 Å². The average molecular weight is 655 g/mol. The molecule has 2 heterocycles. The van der Waals surface area contributed by atoms with Gasteiger partial charge in [-0.3, -0.25) is 9.59 Å². The number of piperazine rings is 1. The molecular formula is C30H40F2N4O10. The van der Waals surface area contributed by atoms with Crippen molar-refractivity contribution in [3.8, 4) is 23.0 Å². The van der Waals surface area contributed by atoms with Crippen LogP contribution in [0.2, 0.25) is 0 Å². The summed E-state index contributed by atoms with van der Waals surface area (Å²) in [6.45, 7) is 4.48. The summed E-state index contributed by atoms with van der Waals surface area (Å²) in [5.74, 6) is 0.457. The number of carbonyl (C=O) groups is 4. The number of benzene rings is 1. The number of aromatic nitrogens is 1. The fourth-order valence-electron chi connectivity index (χ4n) is 4.06. The first-order valence-corrected chi connectivity index (χ1v) is 14.5. The van der Waals surface area contributed by atoms with Crippen LogP contribution in [0.25, 0.3) is 11.5 Å². The molecular weight excluding hydrogens is 614 g/mol. The van der Waals surface area contributed by atoms with Crippen LogP contribution in [0.4, 0.5) is 13.6 Å². The normalized spacial score (nSPS) is 16.2. The minimum Gasteiger partial charge on any atom is -0.489 e. The number of nitrogens with zero attached hydrogens (tertiary/aromatic N) is 3. The SMILES string of the molecule is COC(=O)N1CCN(C=O)C(C(=O)OCOC(=O)C(C)(C)C)C1.Cc1nc(-c2ccc(OC(F)F)c(OCC3CC3)c2)oc1CN. The maximum absolute atomic E-state index is 12.5. The molecule has 46 heavy (non-hydrogen) atoms. The fraction of sp³-hybridized carbons (Fsp3) is 0.567. The van der Waals surface area contributed by atoms with Crippen LogP contribution in [0, 0.1) is 18.3 Å². The van der Waals surface area contributed by atoms with Crippen LogP contribution in [0.1, 0.15) is 45.1 Å². The van der Waals surface area contributed by atoms with E-state index in [0.29, 0.717) is 41.8 Å². The maximum atomic E-state index is 12.5. The molecule has 1 aromatic carbocycles. The van der Waals surface area contributed by atoms with Crippen LogP contribution in [0.15, 0.2) is 22.6 Å². The third-order valence-corrected chi connectivity index (χ3v) is 6.92. The Morgan fingerprint density at radius 3 is 2.43 bits per heavy atom. The van der Waals surface area contributed by atoms with E-state index in [1.54, 1.807) is 39.8 Å². The average Bonchev–Trinajstić information content (AvgIpc) is 3.78. The minimum atomic E-state index is -2.91. The molecule has 1 atom stereocenters. The largest absolute Gasteiger partial charge is 0.489 e. The molecule has 1 saturated heterocycles. The number of carbonyl (C=O) groups excluding carboxylic acids is 4. The predicted molar refractivity (Wildman–Crippen MR) is 156 cm³/mol. The number of halogens is 2. The van der Waals surface area contributed by atoms with Gasteiger partial charge in [0.2, 0.25) is 19.1 Å². The first-order chi connectivity index (χ1) is 21.8. The van der Waals surface area contributed by atoms with Crippen LogP contribution < -0.4 is 15.2 Å². The number of amides is 2. The van der Waals surface area contributed by atoms with E-state index in [0.717, 1.165) is 12.8 Å². The van der Waals surface area contributed by atoms with Gasteiger partial charge in [-0.15, -0.1) is 0 Å². The second-order valence-electron chi connectivity index (χ2n) is 11.6. The lowest BCUT2D eigenvalue weighted by Gasteiger charge is -2.37. The predicted octanol–water partition coefficient (Wildman–Crippen LogP) is 3.48. The number of esters is 2. The quantitative estimate of drug-likeness (QED) is 0.213. The van der Waals surface area contributed by atoms with Crippen molar-refractivity contribution in [1.29, 1.82) is 0 Å². The zero-order valence-corrected chi connectivity index (χ0v) is 26.5. The van der Waals surface area contributed by atoms with Crippen molar-refractivity contribution in [2.45, 2.75) is 59.7 Å². The van der Waals surface area contributed by atoms with E-state index in [4.69, 9.17) is 24.4 Å². The van der Waals surface area contributed by atoms with Crippen LogP contribution in [-0.2, 0) is 35.1 Å². The molecule has 1 aromatic heterocycles. The third kappa shape index (κ3) is 10.3. The van der Waals surface area contributed by atoms with E-state index in [-0.39, 0.29) is 37.7 Å². The highest BCUT2D eigenvalue weighted by Crippen LogP contribution is 2.36. The molecule has 2 fully saturated rings. The van der Waals surface area contributed by atoms with Gasteiger partial charge in [0.25, 0.3) is 0 Å². The first-order valence-electron chi connectivity index (χ1n) is 14.5. The molecule has 2 N–H and O–H groups in total. The molecule has 254 valence electrons. The Bertz CT molecular complexity index is 1360. The standard InChI is InChI=1S/C16H18F2N2O3.C14H22N2O7/c1-9-14(7-19)22-15(20-9)11-4-5-12(23-16(17)18)13(6-11)21-8-10-2-3-10;1-14(2,3)12(19)23-9-22-11(18)10-7-15(13(20)21-4)5-6-16(10)8-17/h4-6,10,16H,2-3,7-8,19H2,1H3;8,10H,5-7,9H2,1-4H3. The molecule has 1 aliphatic heterocycles. The van der Waals surface area contributed by atoms with Gasteiger partial charge < -0.3 is 43.6 Å². The van der Waals surface area contributed by atoms with Crippen molar-refractivity contribution in [3.63, 3.8) is 0 Å². The molecule has 2 amide bonds. The third-order valence-electron chi connectivity index (χ3n) is 6.92. The monoisotopic (exact) mass is 654 g/mol. The summed E-state index contributed by atoms with van der Waals surface area (Å²) in [4.78, 5) is 53.0. The Balaban J connectivity index is 0.000000250. The summed E-state index contributed by atoms with van der Waals surface area (Å²) in [6, 6.07) is 3.68. The second kappa shape index (κ2) is 16.2. The van der Waals surface area contributed by atoms with E-state index >= 15 is 0 Å². The van der Waals surface area contributed by atoms with Crippen LogP contribution in [-0.4, -0.2) is 92.0 Å². The van der Waals surface area contributed by atoms with Gasteiger partial charge in [0, 0.05) is 18.7 Å². The Kier molecular flexibility index (Phi) is 12.7. The number of alkyl halides is 2. The molecule has 16 heteroatoms. The number of ether oxygens (including phenoxy) is 5. The summed E-state index contributed by atoms with van der Waals surface area (Å²) in [5, 5.41) is 0. The summed E-state index contributed by atoms with van der Waals surface area (Å²) < 4.78 is 55.1. The molecule has 1 aliphatic carbocycles. The second-order valence-corrected chi connectivity index (χ2v) is 11.6. The molecule has 2 aliphatic rings. The molecule has 1 saturated carbocycles. The number of hydrogen-bond acceptors (Lipinski definition) is 12. The van der Waals surface area contributed by atoms with Crippen molar-refractivity contribution in [3.05, 3.63) is 29.7 Å². The summed E-state index contributed by atoms with van der Waals surface area (Å²) in [6.07, 6.45) is 2.13. The van der Waals surface area contributed by atoms with Gasteiger partial charge in [-0.25, -0.2) is 14.6 Å². The van der Waals surface area contributed by atoms with Gasteiger partial charge >= 0.3 is 24.6 Å². The van der Waals surface area contributed by atoms with Gasteiger partial charge in [0.05, 0.1) is 37.9 Å².